The Morgan fingerprint density at radius 1 is 1.57 bits per heavy atom. The SMILES string of the molecule is C=C1SC(=S)N(CCS(=O)(=O)[O-])C1=O. The maximum absolute atomic E-state index is 11.3. The van der Waals surface area contributed by atoms with E-state index in [2.05, 4.69) is 6.58 Å². The summed E-state index contributed by atoms with van der Waals surface area (Å²) in [6.07, 6.45) is 0. The van der Waals surface area contributed by atoms with Gasteiger partial charge < -0.3 is 4.55 Å². The molecule has 8 heteroatoms. The van der Waals surface area contributed by atoms with Crippen molar-refractivity contribution < 1.29 is 17.8 Å². The minimum Gasteiger partial charge on any atom is -0.748 e. The first-order chi connectivity index (χ1) is 6.31. The van der Waals surface area contributed by atoms with Gasteiger partial charge >= 0.3 is 0 Å². The number of carbonyl (C=O) groups excluding carboxylic acids is 1. The molecular weight excluding hydrogens is 246 g/mol. The van der Waals surface area contributed by atoms with Gasteiger partial charge in [-0.25, -0.2) is 8.42 Å². The van der Waals surface area contributed by atoms with Crippen LogP contribution in [-0.4, -0.2) is 40.4 Å². The van der Waals surface area contributed by atoms with Gasteiger partial charge in [-0.15, -0.1) is 0 Å². The first-order valence-corrected chi connectivity index (χ1v) is 6.27. The van der Waals surface area contributed by atoms with Crippen molar-refractivity contribution in [3.05, 3.63) is 11.5 Å². The fraction of sp³-hybridized carbons (Fsp3) is 0.333. The first-order valence-electron chi connectivity index (χ1n) is 3.47. The van der Waals surface area contributed by atoms with E-state index in [1.165, 1.54) is 0 Å². The number of thioether (sulfide) groups is 1. The van der Waals surface area contributed by atoms with Crippen LogP contribution in [0.25, 0.3) is 0 Å². The fourth-order valence-electron chi connectivity index (χ4n) is 0.834. The Bertz CT molecular complexity index is 399. The van der Waals surface area contributed by atoms with Gasteiger partial charge in [0.2, 0.25) is 0 Å². The van der Waals surface area contributed by atoms with Crippen molar-refractivity contribution in [2.75, 3.05) is 12.3 Å². The third-order valence-electron chi connectivity index (χ3n) is 1.48. The van der Waals surface area contributed by atoms with Gasteiger partial charge in [0.05, 0.1) is 20.8 Å². The Balaban J connectivity index is 2.66. The van der Waals surface area contributed by atoms with E-state index in [0.717, 1.165) is 16.7 Å². The summed E-state index contributed by atoms with van der Waals surface area (Å²) >= 11 is 5.80. The minimum atomic E-state index is -4.32. The predicted molar refractivity (Wildman–Crippen MR) is 55.6 cm³/mol. The molecule has 0 bridgehead atoms. The highest BCUT2D eigenvalue weighted by atomic mass is 32.2. The standard InChI is InChI=1S/C6H7NO4S3/c1-4-5(8)7(6(12)13-4)2-3-14(9,10)11/h1-3H2,(H,9,10,11)/p-1. The number of hydrogen-bond acceptors (Lipinski definition) is 6. The van der Waals surface area contributed by atoms with Crippen LogP contribution in [0.5, 0.6) is 0 Å². The number of hydrogen-bond donors (Lipinski definition) is 0. The third-order valence-corrected chi connectivity index (χ3v) is 3.45. The van der Waals surface area contributed by atoms with Gasteiger partial charge in [0, 0.05) is 6.54 Å². The third kappa shape index (κ3) is 2.77. The van der Waals surface area contributed by atoms with Crippen LogP contribution in [0.15, 0.2) is 11.5 Å². The summed E-state index contributed by atoms with van der Waals surface area (Å²) in [5.41, 5.74) is 0. The summed E-state index contributed by atoms with van der Waals surface area (Å²) < 4.78 is 31.2. The van der Waals surface area contributed by atoms with Crippen LogP contribution < -0.4 is 0 Å². The molecule has 1 amide bonds. The lowest BCUT2D eigenvalue weighted by Gasteiger charge is -2.15. The summed E-state index contributed by atoms with van der Waals surface area (Å²) in [7, 11) is -4.32. The highest BCUT2D eigenvalue weighted by molar-refractivity contribution is 8.26. The van der Waals surface area contributed by atoms with Crippen LogP contribution in [0.4, 0.5) is 0 Å². The lowest BCUT2D eigenvalue weighted by molar-refractivity contribution is -0.122. The maximum Gasteiger partial charge on any atom is 0.265 e. The molecule has 1 aliphatic heterocycles. The Morgan fingerprint density at radius 2 is 2.14 bits per heavy atom. The zero-order valence-electron chi connectivity index (χ0n) is 6.93. The highest BCUT2D eigenvalue weighted by Crippen LogP contribution is 2.28. The van der Waals surface area contributed by atoms with E-state index >= 15 is 0 Å². The molecule has 1 fully saturated rings. The van der Waals surface area contributed by atoms with E-state index in [-0.39, 0.29) is 15.8 Å². The van der Waals surface area contributed by atoms with E-state index in [1.54, 1.807) is 0 Å². The van der Waals surface area contributed by atoms with Gasteiger partial charge in [-0.3, -0.25) is 9.69 Å². The second-order valence-electron chi connectivity index (χ2n) is 2.51. The van der Waals surface area contributed by atoms with Crippen molar-refractivity contribution in [3.8, 4) is 0 Å². The minimum absolute atomic E-state index is 0.199. The number of rotatable bonds is 3. The fourth-order valence-corrected chi connectivity index (χ4v) is 2.41. The predicted octanol–water partition coefficient (Wildman–Crippen LogP) is -0.0944. The molecule has 0 unspecified atom stereocenters. The monoisotopic (exact) mass is 252 g/mol. The summed E-state index contributed by atoms with van der Waals surface area (Å²) in [6.45, 7) is 3.24. The lowest BCUT2D eigenvalue weighted by atomic mass is 10.5. The largest absolute Gasteiger partial charge is 0.748 e. The summed E-state index contributed by atoms with van der Waals surface area (Å²) in [5.74, 6) is -1.06. The van der Waals surface area contributed by atoms with Gasteiger partial charge in [0.25, 0.3) is 5.91 Å². The average Bonchev–Trinajstić information content (AvgIpc) is 2.23. The highest BCUT2D eigenvalue weighted by Gasteiger charge is 2.30. The van der Waals surface area contributed by atoms with Crippen LogP contribution in [-0.2, 0) is 14.9 Å². The van der Waals surface area contributed by atoms with E-state index < -0.39 is 21.8 Å². The van der Waals surface area contributed by atoms with Crippen molar-refractivity contribution >= 4 is 44.3 Å². The second-order valence-corrected chi connectivity index (χ2v) is 5.76. The van der Waals surface area contributed by atoms with Gasteiger partial charge in [-0.2, -0.15) is 0 Å². The molecule has 78 valence electrons. The van der Waals surface area contributed by atoms with Crippen LogP contribution >= 0.6 is 24.0 Å². The van der Waals surface area contributed by atoms with Crippen molar-refractivity contribution in [2.45, 2.75) is 0 Å². The van der Waals surface area contributed by atoms with Gasteiger partial charge in [-0.1, -0.05) is 30.6 Å². The van der Waals surface area contributed by atoms with Gasteiger partial charge in [0.1, 0.15) is 4.32 Å². The van der Waals surface area contributed by atoms with E-state index in [9.17, 15) is 17.8 Å². The Morgan fingerprint density at radius 3 is 2.50 bits per heavy atom. The van der Waals surface area contributed by atoms with Crippen molar-refractivity contribution in [1.29, 1.82) is 0 Å². The molecule has 1 heterocycles. The molecule has 0 N–H and O–H groups in total. The van der Waals surface area contributed by atoms with Crippen molar-refractivity contribution in [3.63, 3.8) is 0 Å². The smallest absolute Gasteiger partial charge is 0.265 e. The number of carbonyl (C=O) groups is 1. The van der Waals surface area contributed by atoms with Gasteiger partial charge in [-0.05, 0) is 0 Å². The molecule has 0 aromatic heterocycles. The second kappa shape index (κ2) is 3.97. The topological polar surface area (TPSA) is 77.5 Å². The quantitative estimate of drug-likeness (QED) is 0.397. The molecule has 0 aliphatic carbocycles. The molecule has 0 aromatic rings. The molecule has 14 heavy (non-hydrogen) atoms. The molecule has 0 saturated carbocycles. The van der Waals surface area contributed by atoms with Crippen molar-refractivity contribution in [2.24, 2.45) is 0 Å². The molecule has 5 nitrogen and oxygen atoms in total. The van der Waals surface area contributed by atoms with E-state index in [4.69, 9.17) is 12.2 Å². The lowest BCUT2D eigenvalue weighted by Crippen LogP contribution is -2.32. The number of thiocarbonyl (C=S) groups is 1. The molecule has 0 spiro atoms. The molecule has 1 rings (SSSR count). The maximum atomic E-state index is 11.3. The van der Waals surface area contributed by atoms with Crippen LogP contribution in [0.2, 0.25) is 0 Å². The van der Waals surface area contributed by atoms with E-state index in [1.807, 2.05) is 0 Å². The number of amides is 1. The number of nitrogens with zero attached hydrogens (tertiary/aromatic N) is 1. The molecular formula is C6H6NO4S3-. The summed E-state index contributed by atoms with van der Waals surface area (Å²) in [4.78, 5) is 12.6. The zero-order valence-corrected chi connectivity index (χ0v) is 9.38. The van der Waals surface area contributed by atoms with Gasteiger partial charge in [0.15, 0.2) is 0 Å². The molecule has 1 aliphatic rings. The zero-order chi connectivity index (χ0) is 10.9. The van der Waals surface area contributed by atoms with Crippen LogP contribution in [0.3, 0.4) is 0 Å². The summed E-state index contributed by atoms with van der Waals surface area (Å²) in [5, 5.41) is 0. The molecule has 0 atom stereocenters. The summed E-state index contributed by atoms with van der Waals surface area (Å²) in [6, 6.07) is 0. The molecule has 1 saturated heterocycles. The average molecular weight is 252 g/mol. The molecule has 0 radical (unpaired) electrons. The first kappa shape index (κ1) is 11.6. The van der Waals surface area contributed by atoms with Crippen LogP contribution in [0.1, 0.15) is 0 Å². The van der Waals surface area contributed by atoms with E-state index in [0.29, 0.717) is 0 Å². The Kier molecular flexibility index (Phi) is 3.30. The van der Waals surface area contributed by atoms with Crippen molar-refractivity contribution in [1.82, 2.24) is 4.90 Å². The molecule has 0 aromatic carbocycles. The normalized spacial score (nSPS) is 18.1. The van der Waals surface area contributed by atoms with Crippen LogP contribution in [0, 0.1) is 0 Å². The Hall–Kier alpha value is -0.440. The Labute approximate surface area is 90.9 Å².